The first-order valence-electron chi connectivity index (χ1n) is 14.3. The Morgan fingerprint density at radius 1 is 0.657 bits per heavy atom. The Labute approximate surface area is 217 Å². The number of nitrogens with zero attached hydrogens (tertiary/aromatic N) is 1. The predicted octanol–water partition coefficient (Wildman–Crippen LogP) is 7.12. The SMILES string of the molecule is CCCCCCCCCCCCCCCCOCC(COP(=O)(O)OCC[N+](C)(C)C)OCCC. The van der Waals surface area contributed by atoms with E-state index in [1.165, 1.54) is 83.5 Å². The molecule has 0 amide bonds. The molecule has 8 heteroatoms. The molecule has 2 unspecified atom stereocenters. The molecule has 0 aliphatic rings. The number of likely N-dealkylation sites (N-methyl/N-ethyl adjacent to an activating group) is 1. The second kappa shape index (κ2) is 23.1. The minimum Gasteiger partial charge on any atom is -0.379 e. The quantitative estimate of drug-likeness (QED) is 0.0701. The van der Waals surface area contributed by atoms with Gasteiger partial charge in [-0.1, -0.05) is 97.3 Å². The Morgan fingerprint density at radius 2 is 1.17 bits per heavy atom. The summed E-state index contributed by atoms with van der Waals surface area (Å²) in [6.07, 6.45) is 19.2. The molecule has 0 aromatic heterocycles. The lowest BCUT2D eigenvalue weighted by atomic mass is 10.0. The Kier molecular flexibility index (Phi) is 23.1. The van der Waals surface area contributed by atoms with Crippen molar-refractivity contribution in [1.82, 2.24) is 0 Å². The van der Waals surface area contributed by atoms with Crippen LogP contribution in [0.25, 0.3) is 0 Å². The molecule has 0 heterocycles. The molecule has 0 aliphatic heterocycles. The molecule has 35 heavy (non-hydrogen) atoms. The van der Waals surface area contributed by atoms with Crippen LogP contribution in [-0.2, 0) is 23.1 Å². The minimum absolute atomic E-state index is 0.0170. The number of phosphoric ester groups is 1. The average Bonchev–Trinajstić information content (AvgIpc) is 2.79. The third kappa shape index (κ3) is 26.9. The molecule has 212 valence electrons. The van der Waals surface area contributed by atoms with Crippen LogP contribution in [0.1, 0.15) is 110 Å². The van der Waals surface area contributed by atoms with Crippen LogP contribution in [0.4, 0.5) is 0 Å². The summed E-state index contributed by atoms with van der Waals surface area (Å²) in [6, 6.07) is 0. The van der Waals surface area contributed by atoms with Gasteiger partial charge in [-0.05, 0) is 12.8 Å². The fraction of sp³-hybridized carbons (Fsp3) is 1.00. The van der Waals surface area contributed by atoms with E-state index in [4.69, 9.17) is 18.5 Å². The number of hydrogen-bond acceptors (Lipinski definition) is 5. The summed E-state index contributed by atoms with van der Waals surface area (Å²) in [5.41, 5.74) is 0. The molecular formula is C27H59NO6P+. The van der Waals surface area contributed by atoms with Crippen LogP contribution < -0.4 is 0 Å². The highest BCUT2D eigenvalue weighted by molar-refractivity contribution is 7.47. The van der Waals surface area contributed by atoms with E-state index >= 15 is 0 Å². The first-order chi connectivity index (χ1) is 16.7. The zero-order valence-electron chi connectivity index (χ0n) is 23.8. The van der Waals surface area contributed by atoms with Gasteiger partial charge in [-0.2, -0.15) is 0 Å². The Bertz CT molecular complexity index is 501. The molecule has 0 fully saturated rings. The van der Waals surface area contributed by atoms with Gasteiger partial charge in [0.1, 0.15) is 19.3 Å². The van der Waals surface area contributed by atoms with E-state index in [2.05, 4.69) is 6.92 Å². The lowest BCUT2D eigenvalue weighted by Crippen LogP contribution is -2.37. The van der Waals surface area contributed by atoms with E-state index in [9.17, 15) is 9.46 Å². The van der Waals surface area contributed by atoms with Gasteiger partial charge in [0.25, 0.3) is 0 Å². The molecular weight excluding hydrogens is 465 g/mol. The molecule has 0 spiro atoms. The summed E-state index contributed by atoms with van der Waals surface area (Å²) in [7, 11) is 1.90. The second-order valence-corrected chi connectivity index (χ2v) is 12.2. The van der Waals surface area contributed by atoms with Crippen molar-refractivity contribution in [3.63, 3.8) is 0 Å². The Balaban J connectivity index is 3.74. The van der Waals surface area contributed by atoms with Gasteiger partial charge in [-0.15, -0.1) is 0 Å². The van der Waals surface area contributed by atoms with Gasteiger partial charge in [0.15, 0.2) is 0 Å². The molecule has 0 bridgehead atoms. The Hall–Kier alpha value is -0.0100. The summed E-state index contributed by atoms with van der Waals surface area (Å²) in [5, 5.41) is 0. The molecule has 0 aliphatic carbocycles. The highest BCUT2D eigenvalue weighted by atomic mass is 31.2. The summed E-state index contributed by atoms with van der Waals surface area (Å²) >= 11 is 0. The molecule has 0 aromatic rings. The van der Waals surface area contributed by atoms with Crippen molar-refractivity contribution < 1.29 is 32.5 Å². The van der Waals surface area contributed by atoms with Crippen molar-refractivity contribution in [3.8, 4) is 0 Å². The third-order valence-electron chi connectivity index (χ3n) is 5.94. The summed E-state index contributed by atoms with van der Waals surface area (Å²) in [5.74, 6) is 0. The highest BCUT2D eigenvalue weighted by Crippen LogP contribution is 2.43. The average molecular weight is 525 g/mol. The van der Waals surface area contributed by atoms with Crippen LogP contribution in [0.2, 0.25) is 0 Å². The van der Waals surface area contributed by atoms with Crippen LogP contribution in [-0.4, -0.2) is 76.2 Å². The molecule has 0 rings (SSSR count). The Morgan fingerprint density at radius 3 is 1.66 bits per heavy atom. The van der Waals surface area contributed by atoms with Gasteiger partial charge >= 0.3 is 7.82 Å². The van der Waals surface area contributed by atoms with Crippen LogP contribution in [0.3, 0.4) is 0 Å². The van der Waals surface area contributed by atoms with Crippen molar-refractivity contribution in [3.05, 3.63) is 0 Å². The van der Waals surface area contributed by atoms with E-state index in [-0.39, 0.29) is 19.3 Å². The standard InChI is InChI=1S/C27H58NO6P/c1-6-8-9-10-11-12-13-14-15-16-17-18-19-20-23-31-25-27(32-22-7-2)26-34-35(29,30)33-24-21-28(3,4)5/h27H,6-26H2,1-5H3/p+1. The molecule has 0 aromatic carbocycles. The van der Waals surface area contributed by atoms with Gasteiger partial charge in [0, 0.05) is 13.2 Å². The monoisotopic (exact) mass is 524 g/mol. The molecule has 0 saturated heterocycles. The predicted molar refractivity (Wildman–Crippen MR) is 146 cm³/mol. The van der Waals surface area contributed by atoms with E-state index in [0.29, 0.717) is 30.8 Å². The van der Waals surface area contributed by atoms with E-state index in [0.717, 1.165) is 12.8 Å². The number of unbranched alkanes of at least 4 members (excludes halogenated alkanes) is 13. The number of phosphoric acid groups is 1. The lowest BCUT2D eigenvalue weighted by molar-refractivity contribution is -0.870. The van der Waals surface area contributed by atoms with Gasteiger partial charge in [-0.25, -0.2) is 4.57 Å². The van der Waals surface area contributed by atoms with E-state index < -0.39 is 7.82 Å². The third-order valence-corrected chi connectivity index (χ3v) is 6.93. The van der Waals surface area contributed by atoms with Crippen LogP contribution in [0.5, 0.6) is 0 Å². The van der Waals surface area contributed by atoms with Crippen LogP contribution >= 0.6 is 7.82 Å². The van der Waals surface area contributed by atoms with Crippen molar-refractivity contribution in [2.45, 2.75) is 116 Å². The van der Waals surface area contributed by atoms with Gasteiger partial charge in [0.2, 0.25) is 0 Å². The summed E-state index contributed by atoms with van der Waals surface area (Å²) in [4.78, 5) is 9.91. The second-order valence-electron chi connectivity index (χ2n) is 10.8. The number of hydrogen-bond donors (Lipinski definition) is 1. The van der Waals surface area contributed by atoms with Crippen LogP contribution in [0, 0.1) is 0 Å². The molecule has 1 N–H and O–H groups in total. The largest absolute Gasteiger partial charge is 0.472 e. The van der Waals surface area contributed by atoms with Crippen molar-refractivity contribution in [1.29, 1.82) is 0 Å². The normalized spacial score (nSPS) is 14.8. The number of ether oxygens (including phenoxy) is 2. The zero-order chi connectivity index (χ0) is 26.3. The topological polar surface area (TPSA) is 74.2 Å². The summed E-state index contributed by atoms with van der Waals surface area (Å²) < 4.78 is 34.5. The molecule has 7 nitrogen and oxygen atoms in total. The zero-order valence-corrected chi connectivity index (χ0v) is 24.7. The van der Waals surface area contributed by atoms with Gasteiger partial charge in [0.05, 0.1) is 34.4 Å². The van der Waals surface area contributed by atoms with Crippen molar-refractivity contribution in [2.24, 2.45) is 0 Å². The highest BCUT2D eigenvalue weighted by Gasteiger charge is 2.25. The van der Waals surface area contributed by atoms with Crippen molar-refractivity contribution in [2.75, 3.05) is 60.7 Å². The van der Waals surface area contributed by atoms with Gasteiger partial charge in [-0.3, -0.25) is 9.05 Å². The van der Waals surface area contributed by atoms with Gasteiger partial charge < -0.3 is 18.9 Å². The maximum absolute atomic E-state index is 12.1. The van der Waals surface area contributed by atoms with Crippen LogP contribution in [0.15, 0.2) is 0 Å². The fourth-order valence-electron chi connectivity index (χ4n) is 3.69. The first-order valence-corrected chi connectivity index (χ1v) is 15.8. The maximum Gasteiger partial charge on any atom is 0.472 e. The van der Waals surface area contributed by atoms with Crippen molar-refractivity contribution >= 4 is 7.82 Å². The molecule has 2 atom stereocenters. The van der Waals surface area contributed by atoms with E-state index in [1.807, 2.05) is 28.1 Å². The van der Waals surface area contributed by atoms with E-state index in [1.54, 1.807) is 0 Å². The fourth-order valence-corrected chi connectivity index (χ4v) is 4.43. The molecule has 0 radical (unpaired) electrons. The minimum atomic E-state index is -4.09. The summed E-state index contributed by atoms with van der Waals surface area (Å²) in [6.45, 7) is 6.66. The number of quaternary nitrogens is 1. The smallest absolute Gasteiger partial charge is 0.379 e. The number of rotatable bonds is 27. The maximum atomic E-state index is 12.1. The first kappa shape index (κ1) is 35.0. The lowest BCUT2D eigenvalue weighted by Gasteiger charge is -2.24. The molecule has 0 saturated carbocycles.